The standard InChI is InChI=1S/C22H31NO3/c1-21(2)16-13-17-19(15-7-5-4-6-8-15)26-12-10-22(17,14-16)20(21)23-18(24)9-11-25-3/h4-8,16-17,19-20H,9-14H2,1-3H3,(H,23,24)/t16-,17-,19-,20+,22?/m1/s1. The lowest BCUT2D eigenvalue weighted by Crippen LogP contribution is -2.59. The number of ether oxygens (including phenoxy) is 2. The molecule has 5 atom stereocenters. The van der Waals surface area contributed by atoms with Gasteiger partial charge < -0.3 is 14.8 Å². The average Bonchev–Trinajstić information content (AvgIpc) is 3.13. The zero-order chi connectivity index (χ0) is 18.4. The van der Waals surface area contributed by atoms with Gasteiger partial charge in [-0.05, 0) is 47.5 Å². The van der Waals surface area contributed by atoms with Crippen LogP contribution in [0.25, 0.3) is 0 Å². The SMILES string of the molecule is COCCC(=O)N[C@H]1C(C)(C)[C@@H]2C[C@@H]3[C@@H](c4ccccc4)OCCC31C2. The molecule has 4 rings (SSSR count). The molecule has 26 heavy (non-hydrogen) atoms. The molecule has 1 unspecified atom stereocenters. The van der Waals surface area contributed by atoms with Gasteiger partial charge in [0.15, 0.2) is 0 Å². The van der Waals surface area contributed by atoms with E-state index in [-0.39, 0.29) is 28.9 Å². The van der Waals surface area contributed by atoms with Gasteiger partial charge in [0.1, 0.15) is 0 Å². The molecule has 0 aromatic heterocycles. The minimum atomic E-state index is 0.119. The van der Waals surface area contributed by atoms with E-state index in [2.05, 4.69) is 49.5 Å². The van der Waals surface area contributed by atoms with Crippen LogP contribution in [0.1, 0.15) is 51.2 Å². The Morgan fingerprint density at radius 1 is 1.31 bits per heavy atom. The summed E-state index contributed by atoms with van der Waals surface area (Å²) in [6.45, 7) is 5.95. The van der Waals surface area contributed by atoms with Crippen LogP contribution in [0.15, 0.2) is 30.3 Å². The van der Waals surface area contributed by atoms with Crippen LogP contribution in [0.2, 0.25) is 0 Å². The summed E-state index contributed by atoms with van der Waals surface area (Å²) in [5, 5.41) is 3.42. The molecule has 1 saturated heterocycles. The highest BCUT2D eigenvalue weighted by atomic mass is 16.5. The van der Waals surface area contributed by atoms with Crippen molar-refractivity contribution in [3.63, 3.8) is 0 Å². The first kappa shape index (κ1) is 18.0. The zero-order valence-electron chi connectivity index (χ0n) is 16.2. The summed E-state index contributed by atoms with van der Waals surface area (Å²) in [6, 6.07) is 10.9. The number of hydrogen-bond donors (Lipinski definition) is 1. The summed E-state index contributed by atoms with van der Waals surface area (Å²) >= 11 is 0. The molecule has 1 spiro atoms. The van der Waals surface area contributed by atoms with Gasteiger partial charge in [-0.1, -0.05) is 44.2 Å². The smallest absolute Gasteiger partial charge is 0.222 e. The fourth-order valence-corrected chi connectivity index (χ4v) is 6.19. The summed E-state index contributed by atoms with van der Waals surface area (Å²) < 4.78 is 11.4. The van der Waals surface area contributed by atoms with E-state index < -0.39 is 0 Å². The van der Waals surface area contributed by atoms with Gasteiger partial charge >= 0.3 is 0 Å². The van der Waals surface area contributed by atoms with Crippen LogP contribution in [0.4, 0.5) is 0 Å². The number of carbonyl (C=O) groups excluding carboxylic acids is 1. The molecular formula is C22H31NO3. The van der Waals surface area contributed by atoms with Gasteiger partial charge in [0.05, 0.1) is 12.7 Å². The molecule has 2 saturated carbocycles. The normalized spacial score (nSPS) is 37.3. The average molecular weight is 357 g/mol. The van der Waals surface area contributed by atoms with Crippen LogP contribution < -0.4 is 5.32 Å². The van der Waals surface area contributed by atoms with Crippen molar-refractivity contribution < 1.29 is 14.3 Å². The molecule has 4 heteroatoms. The molecule has 1 amide bonds. The van der Waals surface area contributed by atoms with Crippen LogP contribution in [-0.4, -0.2) is 32.3 Å². The Morgan fingerprint density at radius 3 is 2.81 bits per heavy atom. The minimum Gasteiger partial charge on any atom is -0.384 e. The minimum absolute atomic E-state index is 0.119. The predicted molar refractivity (Wildman–Crippen MR) is 101 cm³/mol. The Labute approximate surface area is 156 Å². The molecule has 1 aromatic rings. The number of hydrogen-bond acceptors (Lipinski definition) is 3. The molecule has 1 aromatic carbocycles. The van der Waals surface area contributed by atoms with Crippen molar-refractivity contribution in [2.45, 2.75) is 51.7 Å². The number of rotatable bonds is 5. The fraction of sp³-hybridized carbons (Fsp3) is 0.682. The summed E-state index contributed by atoms with van der Waals surface area (Å²) in [5.41, 5.74) is 1.58. The molecule has 0 radical (unpaired) electrons. The van der Waals surface area contributed by atoms with Crippen molar-refractivity contribution in [3.8, 4) is 0 Å². The number of nitrogens with one attached hydrogen (secondary N) is 1. The molecule has 3 aliphatic rings. The lowest BCUT2D eigenvalue weighted by Gasteiger charge is -2.53. The van der Waals surface area contributed by atoms with Gasteiger partial charge in [-0.25, -0.2) is 0 Å². The van der Waals surface area contributed by atoms with E-state index in [0.717, 1.165) is 13.0 Å². The summed E-state index contributed by atoms with van der Waals surface area (Å²) in [5.74, 6) is 1.26. The summed E-state index contributed by atoms with van der Waals surface area (Å²) in [4.78, 5) is 12.5. The molecule has 1 N–H and O–H groups in total. The van der Waals surface area contributed by atoms with Crippen molar-refractivity contribution in [3.05, 3.63) is 35.9 Å². The Morgan fingerprint density at radius 2 is 2.08 bits per heavy atom. The van der Waals surface area contributed by atoms with E-state index >= 15 is 0 Å². The number of methoxy groups -OCH3 is 1. The van der Waals surface area contributed by atoms with E-state index in [0.29, 0.717) is 24.9 Å². The molecule has 1 aliphatic heterocycles. The van der Waals surface area contributed by atoms with Gasteiger partial charge in [0, 0.05) is 26.2 Å². The van der Waals surface area contributed by atoms with Crippen LogP contribution >= 0.6 is 0 Å². The number of amides is 1. The van der Waals surface area contributed by atoms with Crippen LogP contribution in [-0.2, 0) is 14.3 Å². The Balaban J connectivity index is 1.62. The monoisotopic (exact) mass is 357 g/mol. The maximum absolute atomic E-state index is 12.5. The lowest BCUT2D eigenvalue weighted by atomic mass is 9.59. The molecular weight excluding hydrogens is 326 g/mol. The topological polar surface area (TPSA) is 47.6 Å². The fourth-order valence-electron chi connectivity index (χ4n) is 6.19. The third kappa shape index (κ3) is 2.69. The number of benzene rings is 1. The Bertz CT molecular complexity index is 659. The first-order valence-electron chi connectivity index (χ1n) is 9.94. The predicted octanol–water partition coefficient (Wildman–Crippen LogP) is 3.72. The second kappa shape index (κ2) is 6.65. The van der Waals surface area contributed by atoms with Crippen molar-refractivity contribution in [1.82, 2.24) is 5.32 Å². The van der Waals surface area contributed by atoms with Crippen LogP contribution in [0.3, 0.4) is 0 Å². The number of fused-ring (bicyclic) bond motifs is 1. The highest BCUT2D eigenvalue weighted by Crippen LogP contribution is 2.70. The zero-order valence-corrected chi connectivity index (χ0v) is 16.2. The molecule has 4 nitrogen and oxygen atoms in total. The van der Waals surface area contributed by atoms with Crippen LogP contribution in [0.5, 0.6) is 0 Å². The third-order valence-corrected chi connectivity index (χ3v) is 7.47. The quantitative estimate of drug-likeness (QED) is 0.874. The van der Waals surface area contributed by atoms with Crippen molar-refractivity contribution in [1.29, 1.82) is 0 Å². The maximum Gasteiger partial charge on any atom is 0.222 e. The van der Waals surface area contributed by atoms with E-state index in [9.17, 15) is 4.79 Å². The first-order chi connectivity index (χ1) is 12.5. The highest BCUT2D eigenvalue weighted by molar-refractivity contribution is 5.76. The summed E-state index contributed by atoms with van der Waals surface area (Å²) in [6.07, 6.45) is 4.07. The lowest BCUT2D eigenvalue weighted by molar-refractivity contribution is -0.137. The maximum atomic E-state index is 12.5. The second-order valence-electron chi connectivity index (χ2n) is 8.99. The van der Waals surface area contributed by atoms with E-state index in [4.69, 9.17) is 9.47 Å². The van der Waals surface area contributed by atoms with Crippen molar-refractivity contribution in [2.75, 3.05) is 20.3 Å². The van der Waals surface area contributed by atoms with Gasteiger partial charge in [-0.15, -0.1) is 0 Å². The van der Waals surface area contributed by atoms with Crippen molar-refractivity contribution in [2.24, 2.45) is 22.7 Å². The first-order valence-corrected chi connectivity index (χ1v) is 9.94. The Hall–Kier alpha value is -1.39. The molecule has 142 valence electrons. The molecule has 2 aliphatic carbocycles. The van der Waals surface area contributed by atoms with E-state index in [1.165, 1.54) is 18.4 Å². The molecule has 2 bridgehead atoms. The van der Waals surface area contributed by atoms with Crippen molar-refractivity contribution >= 4 is 5.91 Å². The number of carbonyl (C=O) groups is 1. The van der Waals surface area contributed by atoms with Gasteiger partial charge in [0.25, 0.3) is 0 Å². The van der Waals surface area contributed by atoms with E-state index in [1.54, 1.807) is 7.11 Å². The summed E-state index contributed by atoms with van der Waals surface area (Å²) in [7, 11) is 1.65. The Kier molecular flexibility index (Phi) is 4.60. The third-order valence-electron chi connectivity index (χ3n) is 7.47. The molecule has 1 heterocycles. The van der Waals surface area contributed by atoms with Gasteiger partial charge in [-0.3, -0.25) is 4.79 Å². The van der Waals surface area contributed by atoms with Gasteiger partial charge in [0.2, 0.25) is 5.91 Å². The van der Waals surface area contributed by atoms with E-state index in [1.807, 2.05) is 0 Å². The highest BCUT2D eigenvalue weighted by Gasteiger charge is 2.68. The van der Waals surface area contributed by atoms with Crippen LogP contribution in [0, 0.1) is 22.7 Å². The second-order valence-corrected chi connectivity index (χ2v) is 8.99. The molecule has 3 fully saturated rings. The van der Waals surface area contributed by atoms with Gasteiger partial charge in [-0.2, -0.15) is 0 Å². The largest absolute Gasteiger partial charge is 0.384 e.